The molecule has 112 valence electrons. The molecule has 1 amide bonds. The molecule has 1 aromatic carbocycles. The number of hydrogen-bond donors (Lipinski definition) is 2. The molecule has 0 heterocycles. The molecule has 0 fully saturated rings. The second-order valence-electron chi connectivity index (χ2n) is 4.51. The number of rotatable bonds is 7. The summed E-state index contributed by atoms with van der Waals surface area (Å²) in [5.41, 5.74) is 0.0749. The molecular weight excluding hydrogens is 283 g/mol. The fourth-order valence-corrected chi connectivity index (χ4v) is 2.35. The Bertz CT molecular complexity index is 573. The number of primary sulfonamides is 1. The number of nitrogens with two attached hydrogens (primary N) is 1. The molecule has 0 aromatic heterocycles. The summed E-state index contributed by atoms with van der Waals surface area (Å²) < 4.78 is 35.7. The van der Waals surface area contributed by atoms with Crippen LogP contribution in [-0.4, -0.2) is 20.9 Å². The van der Waals surface area contributed by atoms with Gasteiger partial charge >= 0.3 is 0 Å². The van der Waals surface area contributed by atoms with Crippen LogP contribution in [0.5, 0.6) is 0 Å². The molecule has 3 N–H and O–H groups in total. The minimum atomic E-state index is -4.18. The highest BCUT2D eigenvalue weighted by Crippen LogP contribution is 2.15. The fraction of sp³-hybridized carbons (Fsp3) is 0.462. The molecule has 0 aliphatic rings. The van der Waals surface area contributed by atoms with Crippen molar-refractivity contribution >= 4 is 15.9 Å². The number of carbonyl (C=O) groups excluding carboxylic acids is 1. The maximum absolute atomic E-state index is 13.3. The summed E-state index contributed by atoms with van der Waals surface area (Å²) >= 11 is 0. The first-order valence-corrected chi connectivity index (χ1v) is 8.01. The third-order valence-electron chi connectivity index (χ3n) is 2.82. The monoisotopic (exact) mass is 302 g/mol. The average Bonchev–Trinajstić information content (AvgIpc) is 2.37. The SMILES string of the molecule is CCCCCCNC(=O)c1ccc(F)c(S(N)(=O)=O)c1. The largest absolute Gasteiger partial charge is 0.352 e. The molecule has 1 aromatic rings. The van der Waals surface area contributed by atoms with Gasteiger partial charge in [-0.25, -0.2) is 17.9 Å². The Balaban J connectivity index is 2.70. The van der Waals surface area contributed by atoms with Crippen LogP contribution in [0.25, 0.3) is 0 Å². The molecule has 0 spiro atoms. The number of nitrogens with one attached hydrogen (secondary N) is 1. The van der Waals surface area contributed by atoms with Crippen LogP contribution >= 0.6 is 0 Å². The van der Waals surface area contributed by atoms with Gasteiger partial charge in [-0.1, -0.05) is 26.2 Å². The molecule has 0 bridgehead atoms. The number of amides is 1. The molecule has 0 saturated carbocycles. The van der Waals surface area contributed by atoms with E-state index in [0.29, 0.717) is 6.54 Å². The van der Waals surface area contributed by atoms with Crippen molar-refractivity contribution in [3.8, 4) is 0 Å². The van der Waals surface area contributed by atoms with Crippen LogP contribution in [0.4, 0.5) is 4.39 Å². The number of benzene rings is 1. The van der Waals surface area contributed by atoms with Gasteiger partial charge < -0.3 is 5.32 Å². The lowest BCUT2D eigenvalue weighted by Crippen LogP contribution is -2.25. The lowest BCUT2D eigenvalue weighted by molar-refractivity contribution is 0.0952. The van der Waals surface area contributed by atoms with E-state index in [2.05, 4.69) is 12.2 Å². The summed E-state index contributed by atoms with van der Waals surface area (Å²) in [6.07, 6.45) is 4.07. The quantitative estimate of drug-likeness (QED) is 0.752. The van der Waals surface area contributed by atoms with Gasteiger partial charge in [0.2, 0.25) is 10.0 Å². The summed E-state index contributed by atoms with van der Waals surface area (Å²) in [6.45, 7) is 2.59. The zero-order valence-electron chi connectivity index (χ0n) is 11.4. The molecular formula is C13H19FN2O3S. The van der Waals surface area contributed by atoms with Gasteiger partial charge in [0.05, 0.1) is 0 Å². The Labute approximate surface area is 118 Å². The smallest absolute Gasteiger partial charge is 0.251 e. The summed E-state index contributed by atoms with van der Waals surface area (Å²) in [4.78, 5) is 11.1. The molecule has 20 heavy (non-hydrogen) atoms. The van der Waals surface area contributed by atoms with Crippen LogP contribution in [-0.2, 0) is 10.0 Å². The highest BCUT2D eigenvalue weighted by atomic mass is 32.2. The van der Waals surface area contributed by atoms with Crippen molar-refractivity contribution in [2.75, 3.05) is 6.54 Å². The Morgan fingerprint density at radius 3 is 2.60 bits per heavy atom. The summed E-state index contributed by atoms with van der Waals surface area (Å²) in [7, 11) is -4.18. The summed E-state index contributed by atoms with van der Waals surface area (Å²) in [5, 5.41) is 7.54. The normalized spacial score (nSPS) is 11.3. The zero-order valence-corrected chi connectivity index (χ0v) is 12.2. The molecule has 0 radical (unpaired) electrons. The van der Waals surface area contributed by atoms with E-state index < -0.39 is 26.6 Å². The zero-order chi connectivity index (χ0) is 15.2. The van der Waals surface area contributed by atoms with E-state index in [1.54, 1.807) is 0 Å². The summed E-state index contributed by atoms with van der Waals surface area (Å²) in [5.74, 6) is -1.40. The third-order valence-corrected chi connectivity index (χ3v) is 3.74. The second kappa shape index (κ2) is 7.35. The van der Waals surface area contributed by atoms with E-state index >= 15 is 0 Å². The van der Waals surface area contributed by atoms with Gasteiger partial charge in [-0.15, -0.1) is 0 Å². The lowest BCUT2D eigenvalue weighted by Gasteiger charge is -2.07. The Morgan fingerprint density at radius 2 is 2.00 bits per heavy atom. The first-order chi connectivity index (χ1) is 9.36. The van der Waals surface area contributed by atoms with E-state index in [-0.39, 0.29) is 5.56 Å². The lowest BCUT2D eigenvalue weighted by atomic mass is 10.2. The third kappa shape index (κ3) is 4.90. The van der Waals surface area contributed by atoms with Crippen molar-refractivity contribution < 1.29 is 17.6 Å². The Kier molecular flexibility index (Phi) is 6.09. The van der Waals surface area contributed by atoms with Gasteiger partial charge in [0.1, 0.15) is 10.7 Å². The molecule has 7 heteroatoms. The van der Waals surface area contributed by atoms with E-state index in [0.717, 1.165) is 37.8 Å². The molecule has 0 aliphatic heterocycles. The van der Waals surface area contributed by atoms with Crippen LogP contribution in [0.2, 0.25) is 0 Å². The van der Waals surface area contributed by atoms with Crippen LogP contribution in [0.1, 0.15) is 43.0 Å². The van der Waals surface area contributed by atoms with Crippen LogP contribution in [0.15, 0.2) is 23.1 Å². The number of halogens is 1. The molecule has 5 nitrogen and oxygen atoms in total. The van der Waals surface area contributed by atoms with Crippen molar-refractivity contribution in [1.29, 1.82) is 0 Å². The van der Waals surface area contributed by atoms with Crippen molar-refractivity contribution in [3.05, 3.63) is 29.6 Å². The van der Waals surface area contributed by atoms with E-state index in [9.17, 15) is 17.6 Å². The van der Waals surface area contributed by atoms with E-state index in [1.807, 2.05) is 0 Å². The van der Waals surface area contributed by atoms with Gasteiger partial charge in [0, 0.05) is 12.1 Å². The highest BCUT2D eigenvalue weighted by Gasteiger charge is 2.17. The number of hydrogen-bond acceptors (Lipinski definition) is 3. The number of sulfonamides is 1. The highest BCUT2D eigenvalue weighted by molar-refractivity contribution is 7.89. The Hall–Kier alpha value is -1.47. The van der Waals surface area contributed by atoms with Crippen molar-refractivity contribution in [3.63, 3.8) is 0 Å². The van der Waals surface area contributed by atoms with E-state index in [1.165, 1.54) is 6.07 Å². The van der Waals surface area contributed by atoms with Gasteiger partial charge in [-0.05, 0) is 24.6 Å². The van der Waals surface area contributed by atoms with Gasteiger partial charge in [-0.2, -0.15) is 0 Å². The number of carbonyl (C=O) groups is 1. The average molecular weight is 302 g/mol. The molecule has 0 unspecified atom stereocenters. The standard InChI is InChI=1S/C13H19FN2O3S/c1-2-3-4-5-8-16-13(17)10-6-7-11(14)12(9-10)20(15,18)19/h6-7,9H,2-5,8H2,1H3,(H,16,17)(H2,15,18,19). The molecule has 0 aliphatic carbocycles. The minimum absolute atomic E-state index is 0.0749. The van der Waals surface area contributed by atoms with Crippen molar-refractivity contribution in [2.24, 2.45) is 5.14 Å². The van der Waals surface area contributed by atoms with Crippen LogP contribution in [0.3, 0.4) is 0 Å². The van der Waals surface area contributed by atoms with Crippen LogP contribution < -0.4 is 10.5 Å². The second-order valence-corrected chi connectivity index (χ2v) is 6.04. The topological polar surface area (TPSA) is 89.3 Å². The predicted octanol–water partition coefficient (Wildman–Crippen LogP) is 1.78. The Morgan fingerprint density at radius 1 is 1.30 bits per heavy atom. The molecule has 0 saturated heterocycles. The van der Waals surface area contributed by atoms with Crippen molar-refractivity contribution in [1.82, 2.24) is 5.32 Å². The maximum atomic E-state index is 13.3. The fourth-order valence-electron chi connectivity index (χ4n) is 1.72. The minimum Gasteiger partial charge on any atom is -0.352 e. The first-order valence-electron chi connectivity index (χ1n) is 6.46. The number of unbranched alkanes of at least 4 members (excludes halogenated alkanes) is 3. The van der Waals surface area contributed by atoms with Gasteiger partial charge in [0.25, 0.3) is 5.91 Å². The van der Waals surface area contributed by atoms with Gasteiger partial charge in [-0.3, -0.25) is 4.79 Å². The molecule has 1 rings (SSSR count). The van der Waals surface area contributed by atoms with Crippen molar-refractivity contribution in [2.45, 2.75) is 37.5 Å². The summed E-state index contributed by atoms with van der Waals surface area (Å²) in [6, 6.07) is 3.10. The van der Waals surface area contributed by atoms with Crippen LogP contribution in [0, 0.1) is 5.82 Å². The predicted molar refractivity (Wildman–Crippen MR) is 74.2 cm³/mol. The van der Waals surface area contributed by atoms with Gasteiger partial charge in [0.15, 0.2) is 0 Å². The first kappa shape index (κ1) is 16.6. The molecule has 0 atom stereocenters. The van der Waals surface area contributed by atoms with E-state index in [4.69, 9.17) is 5.14 Å². The maximum Gasteiger partial charge on any atom is 0.251 e.